The first-order chi connectivity index (χ1) is 8.13. The zero-order valence-electron chi connectivity index (χ0n) is 10.9. The van der Waals surface area contributed by atoms with Crippen molar-refractivity contribution in [2.24, 2.45) is 0 Å². The van der Waals surface area contributed by atoms with E-state index < -0.39 is 0 Å². The summed E-state index contributed by atoms with van der Waals surface area (Å²) in [6.45, 7) is 7.39. The van der Waals surface area contributed by atoms with Gasteiger partial charge in [0.1, 0.15) is 0 Å². The second kappa shape index (κ2) is 7.25. The predicted molar refractivity (Wildman–Crippen MR) is 73.0 cm³/mol. The van der Waals surface area contributed by atoms with Crippen LogP contribution in [0.4, 0.5) is 0 Å². The van der Waals surface area contributed by atoms with Crippen LogP contribution >= 0.6 is 0 Å². The Hall–Kier alpha value is -1.12. The second-order valence-electron chi connectivity index (χ2n) is 4.64. The number of hydrogen-bond acceptors (Lipinski definition) is 2. The second-order valence-corrected chi connectivity index (χ2v) is 4.64. The summed E-state index contributed by atoms with van der Waals surface area (Å²) in [7, 11) is 2.05. The Balaban J connectivity index is 2.41. The monoisotopic (exact) mass is 233 g/mol. The van der Waals surface area contributed by atoms with E-state index >= 15 is 0 Å². The average Bonchev–Trinajstić information content (AvgIpc) is 2.29. The Morgan fingerprint density at radius 3 is 2.76 bits per heavy atom. The summed E-state index contributed by atoms with van der Waals surface area (Å²) in [5.74, 6) is 0. The van der Waals surface area contributed by atoms with Gasteiger partial charge in [-0.15, -0.1) is 6.58 Å². The lowest BCUT2D eigenvalue weighted by Gasteiger charge is -2.21. The molecule has 0 aliphatic carbocycles. The molecule has 0 spiro atoms. The van der Waals surface area contributed by atoms with Gasteiger partial charge in [0, 0.05) is 13.1 Å². The van der Waals surface area contributed by atoms with Crippen LogP contribution in [-0.4, -0.2) is 29.7 Å². The molecule has 0 saturated carbocycles. The van der Waals surface area contributed by atoms with Gasteiger partial charge in [0.15, 0.2) is 0 Å². The maximum absolute atomic E-state index is 9.81. The fourth-order valence-electron chi connectivity index (χ4n) is 1.90. The molecule has 2 nitrogen and oxygen atoms in total. The molecule has 0 heterocycles. The van der Waals surface area contributed by atoms with Crippen molar-refractivity contribution in [1.82, 2.24) is 4.90 Å². The van der Waals surface area contributed by atoms with Gasteiger partial charge in [0.2, 0.25) is 0 Å². The molecule has 0 aliphatic rings. The first-order valence-corrected chi connectivity index (χ1v) is 6.15. The van der Waals surface area contributed by atoms with Crippen molar-refractivity contribution in [1.29, 1.82) is 0 Å². The summed E-state index contributed by atoms with van der Waals surface area (Å²) < 4.78 is 0. The van der Waals surface area contributed by atoms with Crippen LogP contribution in [0.25, 0.3) is 0 Å². The number of hydrogen-bond donors (Lipinski definition) is 1. The lowest BCUT2D eigenvalue weighted by Crippen LogP contribution is -2.28. The Morgan fingerprint density at radius 1 is 1.41 bits per heavy atom. The highest BCUT2D eigenvalue weighted by Crippen LogP contribution is 2.10. The van der Waals surface area contributed by atoms with Gasteiger partial charge in [0.25, 0.3) is 0 Å². The van der Waals surface area contributed by atoms with Crippen molar-refractivity contribution in [3.05, 3.63) is 48.0 Å². The number of aliphatic hydroxyl groups is 1. The molecule has 1 unspecified atom stereocenters. The fourth-order valence-corrected chi connectivity index (χ4v) is 1.90. The SMILES string of the molecule is C=CCCC(O)CN(C)Cc1ccccc1C. The van der Waals surface area contributed by atoms with Crippen LogP contribution in [0.1, 0.15) is 24.0 Å². The topological polar surface area (TPSA) is 23.5 Å². The molecular formula is C15H23NO. The van der Waals surface area contributed by atoms with E-state index in [-0.39, 0.29) is 6.10 Å². The number of aryl methyl sites for hydroxylation is 1. The maximum Gasteiger partial charge on any atom is 0.0670 e. The van der Waals surface area contributed by atoms with Gasteiger partial charge < -0.3 is 5.11 Å². The Bertz CT molecular complexity index is 349. The minimum absolute atomic E-state index is 0.262. The van der Waals surface area contributed by atoms with E-state index in [2.05, 4.69) is 42.7 Å². The molecule has 1 N–H and O–H groups in total. The minimum atomic E-state index is -0.262. The molecular weight excluding hydrogens is 210 g/mol. The standard InChI is InChI=1S/C15H23NO/c1-4-5-10-15(17)12-16(3)11-14-9-7-6-8-13(14)2/h4,6-9,15,17H,1,5,10-12H2,2-3H3. The van der Waals surface area contributed by atoms with E-state index in [9.17, 15) is 5.11 Å². The van der Waals surface area contributed by atoms with Gasteiger partial charge in [-0.3, -0.25) is 4.90 Å². The smallest absolute Gasteiger partial charge is 0.0670 e. The van der Waals surface area contributed by atoms with E-state index in [1.807, 2.05) is 13.1 Å². The number of rotatable bonds is 7. The molecule has 94 valence electrons. The number of likely N-dealkylation sites (N-methyl/N-ethyl adjacent to an activating group) is 1. The van der Waals surface area contributed by atoms with Crippen LogP contribution in [0.3, 0.4) is 0 Å². The highest BCUT2D eigenvalue weighted by Gasteiger charge is 2.08. The maximum atomic E-state index is 9.81. The Morgan fingerprint density at radius 2 is 2.12 bits per heavy atom. The number of aliphatic hydroxyl groups excluding tert-OH is 1. The van der Waals surface area contributed by atoms with Crippen molar-refractivity contribution in [3.63, 3.8) is 0 Å². The predicted octanol–water partition coefficient (Wildman–Crippen LogP) is 2.75. The van der Waals surface area contributed by atoms with Gasteiger partial charge in [-0.2, -0.15) is 0 Å². The molecule has 0 amide bonds. The molecule has 1 rings (SSSR count). The molecule has 1 aromatic carbocycles. The Labute approximate surface area is 105 Å². The Kier molecular flexibility index (Phi) is 5.95. The third-order valence-electron chi connectivity index (χ3n) is 2.93. The van der Waals surface area contributed by atoms with Gasteiger partial charge in [0.05, 0.1) is 6.10 Å². The number of benzene rings is 1. The minimum Gasteiger partial charge on any atom is -0.392 e. The molecule has 17 heavy (non-hydrogen) atoms. The third-order valence-corrected chi connectivity index (χ3v) is 2.93. The van der Waals surface area contributed by atoms with Crippen LogP contribution in [0.2, 0.25) is 0 Å². The summed E-state index contributed by atoms with van der Waals surface area (Å²) in [5.41, 5.74) is 2.63. The molecule has 1 aromatic rings. The molecule has 0 saturated heterocycles. The molecule has 0 fully saturated rings. The van der Waals surface area contributed by atoms with E-state index in [0.717, 1.165) is 19.4 Å². The molecule has 1 atom stereocenters. The summed E-state index contributed by atoms with van der Waals surface area (Å²) in [6.07, 6.45) is 3.26. The highest BCUT2D eigenvalue weighted by molar-refractivity contribution is 5.25. The summed E-state index contributed by atoms with van der Waals surface area (Å²) >= 11 is 0. The summed E-state index contributed by atoms with van der Waals surface area (Å²) in [6, 6.07) is 8.38. The molecule has 0 radical (unpaired) electrons. The van der Waals surface area contributed by atoms with Crippen molar-refractivity contribution in [3.8, 4) is 0 Å². The molecule has 0 aromatic heterocycles. The van der Waals surface area contributed by atoms with Crippen LogP contribution in [0.5, 0.6) is 0 Å². The third kappa shape index (κ3) is 5.16. The van der Waals surface area contributed by atoms with Crippen LogP contribution in [-0.2, 0) is 6.54 Å². The van der Waals surface area contributed by atoms with Crippen molar-refractivity contribution < 1.29 is 5.11 Å². The van der Waals surface area contributed by atoms with Gasteiger partial charge in [-0.25, -0.2) is 0 Å². The first-order valence-electron chi connectivity index (χ1n) is 6.15. The van der Waals surface area contributed by atoms with Crippen LogP contribution in [0.15, 0.2) is 36.9 Å². The number of nitrogens with zero attached hydrogens (tertiary/aromatic N) is 1. The molecule has 0 aliphatic heterocycles. The molecule has 2 heteroatoms. The van der Waals surface area contributed by atoms with Gasteiger partial charge >= 0.3 is 0 Å². The zero-order chi connectivity index (χ0) is 12.7. The van der Waals surface area contributed by atoms with E-state index in [1.54, 1.807) is 0 Å². The highest BCUT2D eigenvalue weighted by atomic mass is 16.3. The van der Waals surface area contributed by atoms with Crippen LogP contribution in [0, 0.1) is 6.92 Å². The number of allylic oxidation sites excluding steroid dienone is 1. The van der Waals surface area contributed by atoms with Crippen LogP contribution < -0.4 is 0 Å². The quantitative estimate of drug-likeness (QED) is 0.732. The lowest BCUT2D eigenvalue weighted by molar-refractivity contribution is 0.116. The van der Waals surface area contributed by atoms with Crippen molar-refractivity contribution >= 4 is 0 Å². The first kappa shape index (κ1) is 13.9. The van der Waals surface area contributed by atoms with Gasteiger partial charge in [-0.05, 0) is 37.9 Å². The lowest BCUT2D eigenvalue weighted by atomic mass is 10.1. The average molecular weight is 233 g/mol. The largest absolute Gasteiger partial charge is 0.392 e. The van der Waals surface area contributed by atoms with Crippen molar-refractivity contribution in [2.45, 2.75) is 32.4 Å². The van der Waals surface area contributed by atoms with E-state index in [0.29, 0.717) is 6.54 Å². The molecule has 0 bridgehead atoms. The normalized spacial score (nSPS) is 12.7. The summed E-state index contributed by atoms with van der Waals surface area (Å²) in [5, 5.41) is 9.81. The zero-order valence-corrected chi connectivity index (χ0v) is 10.9. The van der Waals surface area contributed by atoms with E-state index in [1.165, 1.54) is 11.1 Å². The summed E-state index contributed by atoms with van der Waals surface area (Å²) in [4.78, 5) is 2.16. The van der Waals surface area contributed by atoms with Gasteiger partial charge in [-0.1, -0.05) is 30.3 Å². The van der Waals surface area contributed by atoms with E-state index in [4.69, 9.17) is 0 Å². The fraction of sp³-hybridized carbons (Fsp3) is 0.467. The van der Waals surface area contributed by atoms with Crippen molar-refractivity contribution in [2.75, 3.05) is 13.6 Å².